The lowest BCUT2D eigenvalue weighted by Gasteiger charge is -2.30. The fraction of sp³-hybridized carbons (Fsp3) is 0.579. The maximum Gasteiger partial charge on any atom is 0.291 e. The van der Waals surface area contributed by atoms with Crippen molar-refractivity contribution in [3.05, 3.63) is 53.1 Å². The van der Waals surface area contributed by atoms with Gasteiger partial charge in [-0.05, 0) is 37.0 Å². The van der Waals surface area contributed by atoms with Crippen LogP contribution < -0.4 is 4.90 Å². The summed E-state index contributed by atoms with van der Waals surface area (Å²) in [6.45, 7) is 19.2. The quantitative estimate of drug-likeness (QED) is 0.152. The van der Waals surface area contributed by atoms with Gasteiger partial charge in [-0.15, -0.1) is 5.10 Å². The zero-order valence-corrected chi connectivity index (χ0v) is 30.6. The summed E-state index contributed by atoms with van der Waals surface area (Å²) in [5, 5.41) is 16.3. The Labute approximate surface area is 286 Å². The summed E-state index contributed by atoms with van der Waals surface area (Å²) in [5.74, 6) is 1.67. The number of hydrogen-bond acceptors (Lipinski definition) is 8. The van der Waals surface area contributed by atoms with Crippen LogP contribution in [0.5, 0.6) is 0 Å². The Morgan fingerprint density at radius 1 is 0.979 bits per heavy atom. The van der Waals surface area contributed by atoms with Crippen LogP contribution in [0.4, 0.5) is 10.1 Å². The largest absolute Gasteiger partial charge is 0.347 e. The van der Waals surface area contributed by atoms with Crippen molar-refractivity contribution in [1.82, 2.24) is 19.7 Å². The van der Waals surface area contributed by atoms with Crippen LogP contribution in [0.2, 0.25) is 0 Å². The molecule has 2 atom stereocenters. The smallest absolute Gasteiger partial charge is 0.291 e. The molecule has 4 rings (SSSR count). The highest BCUT2D eigenvalue weighted by atomic mass is 32.1. The molecule has 1 aliphatic rings. The van der Waals surface area contributed by atoms with Crippen LogP contribution in [0.15, 0.2) is 46.5 Å². The van der Waals surface area contributed by atoms with Crippen molar-refractivity contribution in [2.75, 3.05) is 18.0 Å². The topological polar surface area (TPSA) is 100 Å². The summed E-state index contributed by atoms with van der Waals surface area (Å²) in [4.78, 5) is 31.2. The molecule has 0 N–H and O–H groups in total. The van der Waals surface area contributed by atoms with Crippen LogP contribution in [0.25, 0.3) is 11.3 Å². The first kappa shape index (κ1) is 36.2. The van der Waals surface area contributed by atoms with Crippen LogP contribution in [-0.4, -0.2) is 44.5 Å². The lowest BCUT2D eigenvalue weighted by Crippen LogP contribution is -2.34. The number of aliphatic imine (C=N–C) groups is 1. The number of thiazole rings is 1. The van der Waals surface area contributed by atoms with E-state index >= 15 is 0 Å². The molecule has 252 valence electrons. The highest BCUT2D eigenvalue weighted by molar-refractivity contribution is 7.19. The SMILES string of the molecule is CCCCC(CC)CN(CC(CC)CCCC)c1nc(-c2ccccc2)c(N=C2C(C)=C(C#N)C(=O)n3nc(CC(C)(C)C)nc32)s1. The normalized spacial score (nSPS) is 15.6. The van der Waals surface area contributed by atoms with Gasteiger partial charge in [0, 0.05) is 30.6 Å². The Bertz CT molecular complexity index is 1580. The van der Waals surface area contributed by atoms with Crippen molar-refractivity contribution in [2.45, 2.75) is 113 Å². The molecule has 0 saturated carbocycles. The third-order valence-electron chi connectivity index (χ3n) is 8.97. The maximum atomic E-state index is 13.3. The van der Waals surface area contributed by atoms with Gasteiger partial charge in [0.15, 0.2) is 16.8 Å². The maximum absolute atomic E-state index is 13.3. The number of nitriles is 1. The van der Waals surface area contributed by atoms with Gasteiger partial charge >= 0.3 is 0 Å². The molecular formula is C38H53N7OS. The first-order valence-electron chi connectivity index (χ1n) is 17.6. The van der Waals surface area contributed by atoms with Crippen molar-refractivity contribution in [3.63, 3.8) is 0 Å². The van der Waals surface area contributed by atoms with Gasteiger partial charge in [-0.3, -0.25) is 4.79 Å². The zero-order valence-electron chi connectivity index (χ0n) is 29.8. The van der Waals surface area contributed by atoms with Crippen molar-refractivity contribution in [2.24, 2.45) is 22.2 Å². The number of benzene rings is 1. The molecule has 1 aromatic carbocycles. The van der Waals surface area contributed by atoms with Crippen LogP contribution in [0, 0.1) is 28.6 Å². The number of hydrogen-bond donors (Lipinski definition) is 0. The standard InChI is InChI=1S/C38H53N7OS/c1-9-13-18-27(11-3)24-44(25-28(12-4)19-14-10-2)37-42-33(29-20-16-15-17-21-29)35(47-37)41-32-26(5)30(23-39)36(46)45-34(32)40-31(43-45)22-38(6,7)8/h15-17,20-21,27-28H,9-14,18-19,22,24-25H2,1-8H3. The molecule has 0 spiro atoms. The van der Waals surface area contributed by atoms with Gasteiger partial charge < -0.3 is 4.90 Å². The lowest BCUT2D eigenvalue weighted by atomic mass is 9.92. The molecule has 47 heavy (non-hydrogen) atoms. The van der Waals surface area contributed by atoms with E-state index < -0.39 is 5.91 Å². The molecule has 3 heterocycles. The molecule has 0 aliphatic carbocycles. The monoisotopic (exact) mass is 655 g/mol. The molecule has 2 aromatic heterocycles. The Kier molecular flexibility index (Phi) is 12.7. The summed E-state index contributed by atoms with van der Waals surface area (Å²) >= 11 is 1.59. The van der Waals surface area contributed by atoms with E-state index in [0.29, 0.717) is 41.2 Å². The van der Waals surface area contributed by atoms with Crippen molar-refractivity contribution in [3.8, 4) is 17.3 Å². The van der Waals surface area contributed by atoms with Gasteiger partial charge in [0.05, 0.1) is 0 Å². The second-order valence-corrected chi connectivity index (χ2v) is 15.1. The fourth-order valence-corrected chi connectivity index (χ4v) is 7.09. The van der Waals surface area contributed by atoms with Gasteiger partial charge in [0.2, 0.25) is 0 Å². The number of unbranched alkanes of at least 4 members (excludes halogenated alkanes) is 2. The number of nitrogens with zero attached hydrogens (tertiary/aromatic N) is 7. The highest BCUT2D eigenvalue weighted by Crippen LogP contribution is 2.42. The average molecular weight is 656 g/mol. The number of allylic oxidation sites excluding steroid dienone is 2. The van der Waals surface area contributed by atoms with Crippen molar-refractivity contribution < 1.29 is 4.79 Å². The van der Waals surface area contributed by atoms with E-state index in [0.717, 1.165) is 47.3 Å². The molecule has 1 aliphatic heterocycles. The molecule has 0 fully saturated rings. The van der Waals surface area contributed by atoms with Crippen molar-refractivity contribution >= 4 is 33.1 Å². The third kappa shape index (κ3) is 9.04. The van der Waals surface area contributed by atoms with Crippen molar-refractivity contribution in [1.29, 1.82) is 5.26 Å². The lowest BCUT2D eigenvalue weighted by molar-refractivity contribution is 0.0941. The van der Waals surface area contributed by atoms with Crippen LogP contribution in [0.1, 0.15) is 123 Å². The van der Waals surface area contributed by atoms with Gasteiger partial charge in [-0.1, -0.05) is 129 Å². The fourth-order valence-electron chi connectivity index (χ4n) is 6.10. The van der Waals surface area contributed by atoms with Crippen LogP contribution >= 0.6 is 11.3 Å². The Morgan fingerprint density at radius 3 is 2.13 bits per heavy atom. The first-order valence-corrected chi connectivity index (χ1v) is 18.4. The van der Waals surface area contributed by atoms with E-state index in [1.165, 1.54) is 43.2 Å². The summed E-state index contributed by atoms with van der Waals surface area (Å²) in [6, 6.07) is 12.3. The summed E-state index contributed by atoms with van der Waals surface area (Å²) in [5.41, 5.74) is 2.76. The molecule has 3 aromatic rings. The second kappa shape index (κ2) is 16.5. The molecular weight excluding hydrogens is 603 g/mol. The van der Waals surface area contributed by atoms with E-state index in [-0.39, 0.29) is 11.0 Å². The van der Waals surface area contributed by atoms with Gasteiger partial charge in [-0.25, -0.2) is 15.0 Å². The predicted octanol–water partition coefficient (Wildman–Crippen LogP) is 9.84. The zero-order chi connectivity index (χ0) is 34.1. The molecule has 0 saturated heterocycles. The first-order chi connectivity index (χ1) is 22.5. The average Bonchev–Trinajstić information content (AvgIpc) is 3.66. The summed E-state index contributed by atoms with van der Waals surface area (Å²) in [7, 11) is 0. The van der Waals surface area contributed by atoms with Crippen LogP contribution in [-0.2, 0) is 6.42 Å². The van der Waals surface area contributed by atoms with E-state index in [2.05, 4.69) is 76.7 Å². The van der Waals surface area contributed by atoms with Crippen LogP contribution in [0.3, 0.4) is 0 Å². The Hall–Kier alpha value is -3.64. The van der Waals surface area contributed by atoms with E-state index in [1.54, 1.807) is 18.3 Å². The van der Waals surface area contributed by atoms with Gasteiger partial charge in [0.1, 0.15) is 28.0 Å². The van der Waals surface area contributed by atoms with Gasteiger partial charge in [-0.2, -0.15) is 9.94 Å². The third-order valence-corrected chi connectivity index (χ3v) is 9.98. The number of anilines is 1. The van der Waals surface area contributed by atoms with E-state index in [9.17, 15) is 10.1 Å². The predicted molar refractivity (Wildman–Crippen MR) is 195 cm³/mol. The Morgan fingerprint density at radius 2 is 1.60 bits per heavy atom. The number of rotatable bonds is 16. The second-order valence-electron chi connectivity index (χ2n) is 14.1. The number of carbonyl (C=O) groups is 1. The Balaban J connectivity index is 1.88. The molecule has 8 nitrogen and oxygen atoms in total. The number of carbonyl (C=O) groups excluding carboxylic acids is 1. The van der Waals surface area contributed by atoms with E-state index in [4.69, 9.17) is 15.0 Å². The molecule has 0 radical (unpaired) electrons. The van der Waals surface area contributed by atoms with E-state index in [1.807, 2.05) is 18.2 Å². The number of aromatic nitrogens is 4. The summed E-state index contributed by atoms with van der Waals surface area (Å²) < 4.78 is 1.26. The molecule has 2 unspecified atom stereocenters. The summed E-state index contributed by atoms with van der Waals surface area (Å²) in [6.07, 6.45) is 10.1. The highest BCUT2D eigenvalue weighted by Gasteiger charge is 2.33. The van der Waals surface area contributed by atoms with Gasteiger partial charge in [0.25, 0.3) is 5.91 Å². The number of fused-ring (bicyclic) bond motifs is 1. The minimum atomic E-state index is -0.457. The molecule has 0 amide bonds. The molecule has 0 bridgehead atoms. The molecule has 9 heteroatoms. The minimum Gasteiger partial charge on any atom is -0.347 e. The minimum absolute atomic E-state index is 0.0412.